The second-order valence-electron chi connectivity index (χ2n) is 6.26. The molecule has 0 aromatic heterocycles. The maximum absolute atomic E-state index is 12.5. The molecule has 0 bridgehead atoms. The molecule has 112 valence electrons. The normalized spacial score (nSPS) is 22.2. The number of hydrogen-bond donors (Lipinski definition) is 2. The van der Waals surface area contributed by atoms with Crippen LogP contribution in [0.3, 0.4) is 0 Å². The van der Waals surface area contributed by atoms with E-state index in [1.807, 2.05) is 36.4 Å². The van der Waals surface area contributed by atoms with Crippen LogP contribution in [0.2, 0.25) is 0 Å². The predicted molar refractivity (Wildman–Crippen MR) is 84.8 cm³/mol. The summed E-state index contributed by atoms with van der Waals surface area (Å²) in [6, 6.07) is 13.6. The van der Waals surface area contributed by atoms with Crippen LogP contribution in [0, 0.1) is 0 Å². The minimum absolute atomic E-state index is 0.101. The van der Waals surface area contributed by atoms with Crippen molar-refractivity contribution in [3.8, 4) is 0 Å². The van der Waals surface area contributed by atoms with Gasteiger partial charge in [0.1, 0.15) is 0 Å². The highest BCUT2D eigenvalue weighted by Gasteiger charge is 2.32. The molecule has 0 fully saturated rings. The van der Waals surface area contributed by atoms with Gasteiger partial charge in [0.25, 0.3) is 5.91 Å². The summed E-state index contributed by atoms with van der Waals surface area (Å²) in [5.41, 5.74) is 5.50. The van der Waals surface area contributed by atoms with Gasteiger partial charge in [0, 0.05) is 12.0 Å². The fourth-order valence-electron chi connectivity index (χ4n) is 3.69. The lowest BCUT2D eigenvalue weighted by Gasteiger charge is -2.18. The molecule has 2 aliphatic carbocycles. The number of rotatable bonds is 2. The highest BCUT2D eigenvalue weighted by atomic mass is 16.3. The van der Waals surface area contributed by atoms with Crippen LogP contribution in [0.1, 0.15) is 45.1 Å². The first-order valence-corrected chi connectivity index (χ1v) is 7.91. The first-order valence-electron chi connectivity index (χ1n) is 7.91. The molecule has 4 rings (SSSR count). The van der Waals surface area contributed by atoms with E-state index in [2.05, 4.69) is 11.4 Å². The van der Waals surface area contributed by atoms with E-state index in [0.29, 0.717) is 12.0 Å². The number of benzene rings is 2. The predicted octanol–water partition coefficient (Wildman–Crippen LogP) is 2.56. The zero-order valence-electron chi connectivity index (χ0n) is 12.4. The van der Waals surface area contributed by atoms with Gasteiger partial charge in [-0.25, -0.2) is 0 Å². The van der Waals surface area contributed by atoms with Crippen LogP contribution < -0.4 is 5.32 Å². The smallest absolute Gasteiger partial charge is 0.251 e. The third kappa shape index (κ3) is 2.22. The number of nitrogens with one attached hydrogen (secondary N) is 1. The number of fused-ring (bicyclic) bond motifs is 2. The van der Waals surface area contributed by atoms with Crippen molar-refractivity contribution in [1.82, 2.24) is 5.32 Å². The quantitative estimate of drug-likeness (QED) is 0.894. The zero-order valence-corrected chi connectivity index (χ0v) is 12.4. The average Bonchev–Trinajstić information content (AvgIpc) is 3.11. The van der Waals surface area contributed by atoms with Crippen LogP contribution >= 0.6 is 0 Å². The van der Waals surface area contributed by atoms with Crippen molar-refractivity contribution in [3.63, 3.8) is 0 Å². The molecule has 3 nitrogen and oxygen atoms in total. The highest BCUT2D eigenvalue weighted by Crippen LogP contribution is 2.31. The number of aliphatic hydroxyl groups excluding tert-OH is 1. The van der Waals surface area contributed by atoms with Crippen molar-refractivity contribution in [1.29, 1.82) is 0 Å². The molecule has 3 heteroatoms. The molecule has 2 N–H and O–H groups in total. The number of carbonyl (C=O) groups excluding carboxylic acids is 1. The summed E-state index contributed by atoms with van der Waals surface area (Å²) in [6.45, 7) is 0. The Morgan fingerprint density at radius 3 is 2.77 bits per heavy atom. The number of hydrogen-bond acceptors (Lipinski definition) is 2. The Balaban J connectivity index is 1.57. The molecule has 2 aliphatic rings. The van der Waals surface area contributed by atoms with Crippen molar-refractivity contribution in [3.05, 3.63) is 70.3 Å². The molecule has 0 spiro atoms. The fourth-order valence-corrected chi connectivity index (χ4v) is 3.69. The van der Waals surface area contributed by atoms with Crippen LogP contribution in [0.15, 0.2) is 42.5 Å². The van der Waals surface area contributed by atoms with E-state index < -0.39 is 6.10 Å². The van der Waals surface area contributed by atoms with Gasteiger partial charge in [-0.05, 0) is 53.6 Å². The molecule has 0 heterocycles. The topological polar surface area (TPSA) is 49.3 Å². The zero-order chi connectivity index (χ0) is 15.1. The van der Waals surface area contributed by atoms with Crippen LogP contribution in [-0.2, 0) is 19.3 Å². The van der Waals surface area contributed by atoms with Crippen LogP contribution in [0.25, 0.3) is 0 Å². The minimum Gasteiger partial charge on any atom is -0.390 e. The standard InChI is InChI=1S/C19H19NO2/c21-17-11-14-4-1-2-7-16(14)18(17)20-19(22)15-9-8-12-5-3-6-13(12)10-15/h1-2,4,7-10,17-18,21H,3,5-6,11H2,(H,20,22)/t17-,18+/m0/s1. The number of aryl methyl sites for hydroxylation is 2. The second-order valence-corrected chi connectivity index (χ2v) is 6.26. The van der Waals surface area contributed by atoms with Gasteiger partial charge in [-0.2, -0.15) is 0 Å². The summed E-state index contributed by atoms with van der Waals surface area (Å²) in [5, 5.41) is 13.2. The van der Waals surface area contributed by atoms with E-state index in [1.54, 1.807) is 0 Å². The lowest BCUT2D eigenvalue weighted by Crippen LogP contribution is -2.33. The fraction of sp³-hybridized carbons (Fsp3) is 0.316. The summed E-state index contributed by atoms with van der Waals surface area (Å²) in [7, 11) is 0. The monoisotopic (exact) mass is 293 g/mol. The summed E-state index contributed by atoms with van der Waals surface area (Å²) < 4.78 is 0. The summed E-state index contributed by atoms with van der Waals surface area (Å²) in [4.78, 5) is 12.5. The van der Waals surface area contributed by atoms with Crippen molar-refractivity contribution in [2.45, 2.75) is 37.8 Å². The minimum atomic E-state index is -0.546. The molecule has 0 saturated heterocycles. The SMILES string of the molecule is O=C(N[C@@H]1c2ccccc2C[C@@H]1O)c1ccc2c(c1)CCC2. The Morgan fingerprint density at radius 1 is 1.05 bits per heavy atom. The maximum Gasteiger partial charge on any atom is 0.251 e. The molecule has 22 heavy (non-hydrogen) atoms. The Labute approximate surface area is 130 Å². The van der Waals surface area contributed by atoms with Crippen molar-refractivity contribution in [2.75, 3.05) is 0 Å². The van der Waals surface area contributed by atoms with E-state index in [-0.39, 0.29) is 11.9 Å². The Morgan fingerprint density at radius 2 is 1.86 bits per heavy atom. The van der Waals surface area contributed by atoms with Gasteiger partial charge in [-0.3, -0.25) is 4.79 Å². The average molecular weight is 293 g/mol. The third-order valence-electron chi connectivity index (χ3n) is 4.85. The maximum atomic E-state index is 12.5. The highest BCUT2D eigenvalue weighted by molar-refractivity contribution is 5.95. The Hall–Kier alpha value is -2.13. The van der Waals surface area contributed by atoms with Gasteiger partial charge < -0.3 is 10.4 Å². The van der Waals surface area contributed by atoms with Gasteiger partial charge in [-0.1, -0.05) is 30.3 Å². The molecule has 0 radical (unpaired) electrons. The van der Waals surface area contributed by atoms with Crippen LogP contribution in [-0.4, -0.2) is 17.1 Å². The molecule has 2 atom stereocenters. The van der Waals surface area contributed by atoms with Gasteiger partial charge >= 0.3 is 0 Å². The number of carbonyl (C=O) groups is 1. The third-order valence-corrected chi connectivity index (χ3v) is 4.85. The summed E-state index contributed by atoms with van der Waals surface area (Å²) in [6.07, 6.45) is 3.41. The number of amides is 1. The van der Waals surface area contributed by atoms with Gasteiger partial charge in [-0.15, -0.1) is 0 Å². The first kappa shape index (κ1) is 13.5. The first-order chi connectivity index (χ1) is 10.7. The van der Waals surface area contributed by atoms with Gasteiger partial charge in [0.2, 0.25) is 0 Å². The molecular formula is C19H19NO2. The molecule has 2 aromatic carbocycles. The van der Waals surface area contributed by atoms with Crippen molar-refractivity contribution in [2.24, 2.45) is 0 Å². The lowest BCUT2D eigenvalue weighted by molar-refractivity contribution is 0.0858. The van der Waals surface area contributed by atoms with Gasteiger partial charge in [0.15, 0.2) is 0 Å². The van der Waals surface area contributed by atoms with Crippen LogP contribution in [0.4, 0.5) is 0 Å². The molecular weight excluding hydrogens is 274 g/mol. The van der Waals surface area contributed by atoms with E-state index in [1.165, 1.54) is 17.5 Å². The Bertz CT molecular complexity index is 738. The van der Waals surface area contributed by atoms with Crippen molar-refractivity contribution >= 4 is 5.91 Å². The molecule has 0 aliphatic heterocycles. The molecule has 2 aromatic rings. The van der Waals surface area contributed by atoms with E-state index >= 15 is 0 Å². The van der Waals surface area contributed by atoms with Gasteiger partial charge in [0.05, 0.1) is 12.1 Å². The van der Waals surface area contributed by atoms with E-state index in [4.69, 9.17) is 0 Å². The molecule has 0 saturated carbocycles. The summed E-state index contributed by atoms with van der Waals surface area (Å²) in [5.74, 6) is -0.101. The van der Waals surface area contributed by atoms with E-state index in [9.17, 15) is 9.90 Å². The molecule has 0 unspecified atom stereocenters. The molecule has 1 amide bonds. The van der Waals surface area contributed by atoms with Crippen molar-refractivity contribution < 1.29 is 9.90 Å². The number of aliphatic hydroxyl groups is 1. The second kappa shape index (κ2) is 5.25. The Kier molecular flexibility index (Phi) is 3.23. The van der Waals surface area contributed by atoms with E-state index in [0.717, 1.165) is 24.0 Å². The largest absolute Gasteiger partial charge is 0.390 e. The lowest BCUT2D eigenvalue weighted by atomic mass is 10.0. The summed E-state index contributed by atoms with van der Waals surface area (Å²) >= 11 is 0. The van der Waals surface area contributed by atoms with Crippen LogP contribution in [0.5, 0.6) is 0 Å².